The molecule has 2 aromatic carbocycles. The molecule has 0 bridgehead atoms. The summed E-state index contributed by atoms with van der Waals surface area (Å²) in [6.07, 6.45) is 2.49. The molecule has 142 valence electrons. The molecule has 1 unspecified atom stereocenters. The number of fused-ring (bicyclic) bond motifs is 1. The molecule has 0 radical (unpaired) electrons. The zero-order valence-corrected chi connectivity index (χ0v) is 15.6. The number of benzene rings is 2. The highest BCUT2D eigenvalue weighted by Crippen LogP contribution is 2.37. The molecule has 0 fully saturated rings. The van der Waals surface area contributed by atoms with E-state index in [2.05, 4.69) is 9.82 Å². The third-order valence-electron chi connectivity index (χ3n) is 3.72. The minimum absolute atomic E-state index is 0.0704. The van der Waals surface area contributed by atoms with E-state index in [0.717, 1.165) is 0 Å². The van der Waals surface area contributed by atoms with Crippen LogP contribution in [0.3, 0.4) is 0 Å². The molecule has 1 heterocycles. The van der Waals surface area contributed by atoms with Crippen molar-refractivity contribution in [2.45, 2.75) is 9.79 Å². The third-order valence-corrected chi connectivity index (χ3v) is 6.35. The Kier molecular flexibility index (Phi) is 4.89. The number of aryl methyl sites for hydroxylation is 1. The molecular formula is C16H15N3O6S2. The Balaban J connectivity index is 2.15. The number of sulfonamides is 1. The van der Waals surface area contributed by atoms with Gasteiger partial charge in [0.15, 0.2) is 0 Å². The van der Waals surface area contributed by atoms with Crippen molar-refractivity contribution >= 4 is 43.3 Å². The summed E-state index contributed by atoms with van der Waals surface area (Å²) in [4.78, 5) is 10.6. The van der Waals surface area contributed by atoms with Crippen LogP contribution in [0.15, 0.2) is 52.5 Å². The zero-order chi connectivity index (χ0) is 19.8. The number of carboxylic acids is 1. The first-order valence-electron chi connectivity index (χ1n) is 7.55. The molecular weight excluding hydrogens is 394 g/mol. The van der Waals surface area contributed by atoms with Crippen molar-refractivity contribution in [2.24, 2.45) is 7.05 Å². The number of aromatic hydroxyl groups is 1. The summed E-state index contributed by atoms with van der Waals surface area (Å²) in [7, 11) is -4.48. The van der Waals surface area contributed by atoms with Gasteiger partial charge < -0.3 is 10.2 Å². The van der Waals surface area contributed by atoms with Crippen molar-refractivity contribution in [3.8, 4) is 5.75 Å². The molecule has 3 rings (SSSR count). The molecule has 1 atom stereocenters. The zero-order valence-electron chi connectivity index (χ0n) is 14.0. The van der Waals surface area contributed by atoms with Gasteiger partial charge in [0.25, 0.3) is 10.0 Å². The van der Waals surface area contributed by atoms with E-state index in [1.165, 1.54) is 29.2 Å². The maximum Gasteiger partial charge on any atom is 0.316 e. The molecule has 27 heavy (non-hydrogen) atoms. The molecule has 0 aliphatic heterocycles. The number of phenolic OH excluding ortho intramolecular Hbond substituents is 1. The van der Waals surface area contributed by atoms with Crippen LogP contribution >= 0.6 is 0 Å². The van der Waals surface area contributed by atoms with E-state index in [1.807, 2.05) is 0 Å². The fourth-order valence-electron chi connectivity index (χ4n) is 2.52. The highest BCUT2D eigenvalue weighted by molar-refractivity contribution is 7.92. The molecule has 11 heteroatoms. The highest BCUT2D eigenvalue weighted by atomic mass is 32.2. The van der Waals surface area contributed by atoms with Gasteiger partial charge in [-0.15, -0.1) is 0 Å². The number of carbonyl (C=O) groups is 1. The Morgan fingerprint density at radius 2 is 1.96 bits per heavy atom. The number of nitrogens with one attached hydrogen (secondary N) is 1. The molecule has 9 nitrogen and oxygen atoms in total. The summed E-state index contributed by atoms with van der Waals surface area (Å²) in [6.45, 7) is 0. The number of rotatable bonds is 6. The van der Waals surface area contributed by atoms with Crippen molar-refractivity contribution in [3.05, 3.63) is 42.7 Å². The van der Waals surface area contributed by atoms with Crippen molar-refractivity contribution in [1.82, 2.24) is 9.78 Å². The van der Waals surface area contributed by atoms with Crippen LogP contribution < -0.4 is 4.72 Å². The van der Waals surface area contributed by atoms with E-state index < -0.39 is 32.5 Å². The average Bonchev–Trinajstić information content (AvgIpc) is 3.04. The standard InChI is InChI=1S/C16H15N3O6S2/c1-19-8-10(7-17-19)27(24,25)18-13-6-14(26(23)9-15(20)21)16(22)12-5-3-2-4-11(12)13/h2-8,18,22H,9H2,1H3,(H,20,21). The van der Waals surface area contributed by atoms with Gasteiger partial charge in [0.2, 0.25) is 0 Å². The normalized spacial score (nSPS) is 12.8. The van der Waals surface area contributed by atoms with E-state index >= 15 is 0 Å². The summed E-state index contributed by atoms with van der Waals surface area (Å²) in [6, 6.07) is 7.56. The molecule has 0 amide bonds. The summed E-state index contributed by atoms with van der Waals surface area (Å²) in [5.41, 5.74) is 0.0704. The summed E-state index contributed by atoms with van der Waals surface area (Å²) >= 11 is 0. The average molecular weight is 409 g/mol. The first-order chi connectivity index (χ1) is 12.7. The highest BCUT2D eigenvalue weighted by Gasteiger charge is 2.22. The smallest absolute Gasteiger partial charge is 0.316 e. The molecule has 1 aromatic heterocycles. The lowest BCUT2D eigenvalue weighted by Crippen LogP contribution is -2.14. The largest absolute Gasteiger partial charge is 0.506 e. The fraction of sp³-hybridized carbons (Fsp3) is 0.125. The Hall–Kier alpha value is -2.92. The second kappa shape index (κ2) is 7.00. The van der Waals surface area contributed by atoms with Crippen molar-refractivity contribution in [3.63, 3.8) is 0 Å². The number of carboxylic acid groups (broad SMARTS) is 1. The van der Waals surface area contributed by atoms with Crippen molar-refractivity contribution in [1.29, 1.82) is 0 Å². The topological polar surface area (TPSA) is 139 Å². The minimum Gasteiger partial charge on any atom is -0.506 e. The van der Waals surface area contributed by atoms with Gasteiger partial charge >= 0.3 is 5.97 Å². The van der Waals surface area contributed by atoms with Gasteiger partial charge in [-0.25, -0.2) is 8.42 Å². The molecule has 0 saturated carbocycles. The summed E-state index contributed by atoms with van der Waals surface area (Å²) < 4.78 is 41.2. The second-order valence-corrected chi connectivity index (χ2v) is 8.76. The lowest BCUT2D eigenvalue weighted by atomic mass is 10.1. The Morgan fingerprint density at radius 3 is 2.56 bits per heavy atom. The number of hydrogen-bond acceptors (Lipinski definition) is 6. The van der Waals surface area contributed by atoms with Gasteiger partial charge in [-0.2, -0.15) is 5.10 Å². The van der Waals surface area contributed by atoms with Crippen LogP contribution in [-0.2, 0) is 32.7 Å². The van der Waals surface area contributed by atoms with Gasteiger partial charge in [0, 0.05) is 24.0 Å². The van der Waals surface area contributed by atoms with Gasteiger partial charge in [-0.05, 0) is 6.07 Å². The van der Waals surface area contributed by atoms with E-state index in [4.69, 9.17) is 5.11 Å². The number of nitrogens with zero attached hydrogens (tertiary/aromatic N) is 2. The maximum atomic E-state index is 12.6. The predicted octanol–water partition coefficient (Wildman–Crippen LogP) is 1.27. The molecule has 3 aromatic rings. The Morgan fingerprint density at radius 1 is 1.30 bits per heavy atom. The lowest BCUT2D eigenvalue weighted by molar-refractivity contribution is -0.133. The number of aliphatic carboxylic acids is 1. The fourth-order valence-corrected chi connectivity index (χ4v) is 4.53. The molecule has 3 N–H and O–H groups in total. The quantitative estimate of drug-likeness (QED) is 0.521. The molecule has 0 aliphatic carbocycles. The van der Waals surface area contributed by atoms with E-state index in [1.54, 1.807) is 25.2 Å². The van der Waals surface area contributed by atoms with Gasteiger partial charge in [0.1, 0.15) is 16.4 Å². The van der Waals surface area contributed by atoms with Crippen LogP contribution in [0.1, 0.15) is 0 Å². The third kappa shape index (κ3) is 3.78. The predicted molar refractivity (Wildman–Crippen MR) is 98.5 cm³/mol. The SMILES string of the molecule is Cn1cc(S(=O)(=O)Nc2cc(S(=O)CC(=O)O)c(O)c3ccccc23)cn1. The summed E-state index contributed by atoms with van der Waals surface area (Å²) in [5.74, 6) is -2.38. The van der Waals surface area contributed by atoms with Crippen LogP contribution in [0, 0.1) is 0 Å². The van der Waals surface area contributed by atoms with Gasteiger partial charge in [0.05, 0.1) is 27.6 Å². The molecule has 0 aliphatic rings. The number of hydrogen-bond donors (Lipinski definition) is 3. The maximum absolute atomic E-state index is 12.6. The van der Waals surface area contributed by atoms with Crippen LogP contribution in [0.4, 0.5) is 5.69 Å². The number of anilines is 1. The van der Waals surface area contributed by atoms with Crippen molar-refractivity contribution < 1.29 is 27.6 Å². The molecule has 0 saturated heterocycles. The van der Waals surface area contributed by atoms with Gasteiger partial charge in [-0.3, -0.25) is 18.4 Å². The van der Waals surface area contributed by atoms with Gasteiger partial charge in [-0.1, -0.05) is 24.3 Å². The Labute approximate surface area is 156 Å². The van der Waals surface area contributed by atoms with Crippen molar-refractivity contribution in [2.75, 3.05) is 10.5 Å². The minimum atomic E-state index is -3.99. The van der Waals surface area contributed by atoms with Crippen LogP contribution in [0.2, 0.25) is 0 Å². The number of aromatic nitrogens is 2. The monoisotopic (exact) mass is 409 g/mol. The first kappa shape index (κ1) is 18.9. The van der Waals surface area contributed by atoms with Crippen LogP contribution in [0.25, 0.3) is 10.8 Å². The van der Waals surface area contributed by atoms with E-state index in [9.17, 15) is 22.5 Å². The van der Waals surface area contributed by atoms with E-state index in [-0.39, 0.29) is 26.6 Å². The summed E-state index contributed by atoms with van der Waals surface area (Å²) in [5, 5.41) is 23.7. The lowest BCUT2D eigenvalue weighted by Gasteiger charge is -2.14. The van der Waals surface area contributed by atoms with Crippen LogP contribution in [0.5, 0.6) is 5.75 Å². The van der Waals surface area contributed by atoms with E-state index in [0.29, 0.717) is 5.39 Å². The second-order valence-electron chi connectivity index (χ2n) is 5.66. The Bertz CT molecular complexity index is 1170. The first-order valence-corrected chi connectivity index (χ1v) is 10.4. The van der Waals surface area contributed by atoms with Crippen LogP contribution in [-0.4, -0.2) is 44.3 Å². The number of phenols is 1. The molecule has 0 spiro atoms.